The Balaban J connectivity index is 1.39. The van der Waals surface area contributed by atoms with Crippen LogP contribution in [0, 0.1) is 5.92 Å². The molecule has 1 aromatic carbocycles. The van der Waals surface area contributed by atoms with Gasteiger partial charge in [-0.3, -0.25) is 14.9 Å². The monoisotopic (exact) mass is 563 g/mol. The van der Waals surface area contributed by atoms with Crippen LogP contribution in [0.5, 0.6) is 5.75 Å². The summed E-state index contributed by atoms with van der Waals surface area (Å²) in [5.41, 5.74) is -0.282. The van der Waals surface area contributed by atoms with E-state index in [-0.39, 0.29) is 46.3 Å². The second-order valence-electron chi connectivity index (χ2n) is 8.82. The summed E-state index contributed by atoms with van der Waals surface area (Å²) in [6, 6.07) is 3.77. The van der Waals surface area contributed by atoms with E-state index in [1.54, 1.807) is 12.3 Å². The van der Waals surface area contributed by atoms with Crippen LogP contribution in [-0.4, -0.2) is 53.1 Å². The number of carbonyl (C=O) groups excluding carboxylic acids is 2. The van der Waals surface area contributed by atoms with E-state index in [0.29, 0.717) is 44.8 Å². The lowest BCUT2D eigenvalue weighted by molar-refractivity contribution is -0.148. The normalized spacial score (nSPS) is 14.2. The fourth-order valence-corrected chi connectivity index (χ4v) is 4.79. The zero-order chi connectivity index (χ0) is 28.0. The Morgan fingerprint density at radius 3 is 2.56 bits per heavy atom. The van der Waals surface area contributed by atoms with Crippen LogP contribution in [0.3, 0.4) is 0 Å². The minimum absolute atomic E-state index is 0.0636. The van der Waals surface area contributed by atoms with Crippen molar-refractivity contribution in [2.45, 2.75) is 39.3 Å². The van der Waals surface area contributed by atoms with Gasteiger partial charge >= 0.3 is 12.1 Å². The van der Waals surface area contributed by atoms with E-state index >= 15 is 0 Å². The Labute approximate surface area is 227 Å². The average Bonchev–Trinajstić information content (AvgIpc) is 3.40. The molecule has 3 heterocycles. The minimum atomic E-state index is -4.59. The van der Waals surface area contributed by atoms with E-state index in [0.717, 1.165) is 17.4 Å². The molecule has 39 heavy (non-hydrogen) atoms. The van der Waals surface area contributed by atoms with Crippen molar-refractivity contribution >= 4 is 34.2 Å². The first kappa shape index (κ1) is 28.3. The van der Waals surface area contributed by atoms with Crippen molar-refractivity contribution in [3.05, 3.63) is 47.2 Å². The topological polar surface area (TPSA) is 107 Å². The molecular formula is C26H28F3N5O4S. The minimum Gasteiger partial charge on any atom is -0.493 e. The van der Waals surface area contributed by atoms with Crippen molar-refractivity contribution in [3.63, 3.8) is 0 Å². The van der Waals surface area contributed by atoms with Gasteiger partial charge in [0.1, 0.15) is 17.3 Å². The number of alkyl halides is 3. The molecule has 1 N–H and O–H groups in total. The summed E-state index contributed by atoms with van der Waals surface area (Å²) in [5.74, 6) is -0.496. The maximum atomic E-state index is 13.6. The molecule has 0 bridgehead atoms. The maximum absolute atomic E-state index is 13.6. The Hall–Kier alpha value is -3.74. The molecule has 0 unspecified atom stereocenters. The number of hydrogen-bond acceptors (Lipinski definition) is 9. The van der Waals surface area contributed by atoms with Crippen molar-refractivity contribution in [1.29, 1.82) is 0 Å². The highest BCUT2D eigenvalue weighted by Gasteiger charge is 2.35. The fraction of sp³-hybridized carbons (Fsp3) is 0.423. The van der Waals surface area contributed by atoms with Crippen molar-refractivity contribution in [2.75, 3.05) is 36.5 Å². The summed E-state index contributed by atoms with van der Waals surface area (Å²) in [4.78, 5) is 39.4. The third kappa shape index (κ3) is 7.02. The molecule has 208 valence electrons. The number of ether oxygens (including phenoxy) is 2. The molecule has 1 saturated heterocycles. The maximum Gasteiger partial charge on any atom is 0.419 e. The average molecular weight is 564 g/mol. The van der Waals surface area contributed by atoms with Gasteiger partial charge in [-0.2, -0.15) is 13.2 Å². The largest absolute Gasteiger partial charge is 0.493 e. The van der Waals surface area contributed by atoms with Crippen molar-refractivity contribution in [2.24, 2.45) is 5.92 Å². The van der Waals surface area contributed by atoms with Crippen LogP contribution in [0.1, 0.15) is 49.2 Å². The number of hydrogen-bond donors (Lipinski definition) is 1. The number of esters is 1. The molecule has 1 amide bonds. The van der Waals surface area contributed by atoms with Crippen LogP contribution in [-0.2, 0) is 15.7 Å². The van der Waals surface area contributed by atoms with Gasteiger partial charge in [0, 0.05) is 24.0 Å². The SMILES string of the molecule is CCCOc1ccc(-c2csc(NC(=O)c3cnc(N4CCC(C(=O)OCC)CC4)cn3)n2)cc1C(F)(F)F. The third-order valence-electron chi connectivity index (χ3n) is 6.08. The van der Waals surface area contributed by atoms with E-state index < -0.39 is 17.6 Å². The quantitative estimate of drug-likeness (QED) is 0.343. The molecule has 9 nitrogen and oxygen atoms in total. The van der Waals surface area contributed by atoms with Crippen molar-refractivity contribution in [3.8, 4) is 17.0 Å². The van der Waals surface area contributed by atoms with Crippen LogP contribution in [0.4, 0.5) is 24.1 Å². The van der Waals surface area contributed by atoms with Crippen LogP contribution in [0.25, 0.3) is 11.3 Å². The molecule has 4 rings (SSSR count). The van der Waals surface area contributed by atoms with Gasteiger partial charge in [-0.05, 0) is 44.4 Å². The van der Waals surface area contributed by atoms with Gasteiger partial charge in [-0.1, -0.05) is 6.92 Å². The molecule has 0 saturated carbocycles. The number of nitrogens with one attached hydrogen (secondary N) is 1. The van der Waals surface area contributed by atoms with Gasteiger partial charge < -0.3 is 14.4 Å². The lowest BCUT2D eigenvalue weighted by atomic mass is 9.97. The number of nitrogens with zero attached hydrogens (tertiary/aromatic N) is 4. The zero-order valence-corrected chi connectivity index (χ0v) is 22.3. The number of benzene rings is 1. The predicted molar refractivity (Wildman–Crippen MR) is 140 cm³/mol. The Kier molecular flexibility index (Phi) is 9.00. The van der Waals surface area contributed by atoms with E-state index in [4.69, 9.17) is 9.47 Å². The molecule has 0 atom stereocenters. The molecule has 3 aromatic rings. The lowest BCUT2D eigenvalue weighted by Crippen LogP contribution is -2.37. The number of aromatic nitrogens is 3. The summed E-state index contributed by atoms with van der Waals surface area (Å²) in [5, 5.41) is 4.39. The van der Waals surface area contributed by atoms with E-state index in [2.05, 4.69) is 20.3 Å². The number of thiazole rings is 1. The van der Waals surface area contributed by atoms with E-state index in [1.165, 1.54) is 24.5 Å². The van der Waals surface area contributed by atoms with Crippen molar-refractivity contribution in [1.82, 2.24) is 15.0 Å². The molecule has 0 aliphatic carbocycles. The Bertz CT molecular complexity index is 1290. The number of anilines is 2. The number of amides is 1. The van der Waals surface area contributed by atoms with Gasteiger partial charge in [0.2, 0.25) is 0 Å². The zero-order valence-electron chi connectivity index (χ0n) is 21.5. The predicted octanol–water partition coefficient (Wildman–Crippen LogP) is 5.44. The first-order valence-corrected chi connectivity index (χ1v) is 13.4. The van der Waals surface area contributed by atoms with Gasteiger partial charge in [-0.25, -0.2) is 15.0 Å². The number of carbonyl (C=O) groups is 2. The smallest absolute Gasteiger partial charge is 0.419 e. The van der Waals surface area contributed by atoms with Crippen LogP contribution < -0.4 is 15.0 Å². The first-order chi connectivity index (χ1) is 18.7. The van der Waals surface area contributed by atoms with E-state index in [1.807, 2.05) is 11.8 Å². The van der Waals surface area contributed by atoms with Crippen LogP contribution in [0.15, 0.2) is 36.0 Å². The molecule has 1 aliphatic rings. The summed E-state index contributed by atoms with van der Waals surface area (Å²) in [6.45, 7) is 5.36. The Morgan fingerprint density at radius 2 is 1.92 bits per heavy atom. The van der Waals surface area contributed by atoms with E-state index in [9.17, 15) is 22.8 Å². The van der Waals surface area contributed by atoms with Crippen LogP contribution >= 0.6 is 11.3 Å². The van der Waals surface area contributed by atoms with Crippen molar-refractivity contribution < 1.29 is 32.2 Å². The van der Waals surface area contributed by atoms with Crippen LogP contribution in [0.2, 0.25) is 0 Å². The van der Waals surface area contributed by atoms with Gasteiger partial charge in [0.25, 0.3) is 5.91 Å². The molecule has 0 radical (unpaired) electrons. The highest BCUT2D eigenvalue weighted by Crippen LogP contribution is 2.39. The fourth-order valence-electron chi connectivity index (χ4n) is 4.08. The molecule has 1 fully saturated rings. The summed E-state index contributed by atoms with van der Waals surface area (Å²) in [6.07, 6.45) is 0.127. The molecular weight excluding hydrogens is 535 g/mol. The number of halogens is 3. The van der Waals surface area contributed by atoms with Gasteiger partial charge in [0.05, 0.1) is 42.8 Å². The first-order valence-electron chi connectivity index (χ1n) is 12.5. The summed E-state index contributed by atoms with van der Waals surface area (Å²) >= 11 is 1.08. The Morgan fingerprint density at radius 1 is 1.15 bits per heavy atom. The summed E-state index contributed by atoms with van der Waals surface area (Å²) < 4.78 is 51.1. The molecule has 13 heteroatoms. The lowest BCUT2D eigenvalue weighted by Gasteiger charge is -2.31. The van der Waals surface area contributed by atoms with Gasteiger partial charge in [-0.15, -0.1) is 11.3 Å². The third-order valence-corrected chi connectivity index (χ3v) is 6.83. The summed E-state index contributed by atoms with van der Waals surface area (Å²) in [7, 11) is 0. The highest BCUT2D eigenvalue weighted by molar-refractivity contribution is 7.14. The molecule has 0 spiro atoms. The highest BCUT2D eigenvalue weighted by atomic mass is 32.1. The molecule has 2 aromatic heterocycles. The second-order valence-corrected chi connectivity index (χ2v) is 9.68. The molecule has 1 aliphatic heterocycles. The van der Waals surface area contributed by atoms with Gasteiger partial charge in [0.15, 0.2) is 5.13 Å². The number of piperidine rings is 1. The number of rotatable bonds is 9. The standard InChI is InChI=1S/C26H28F3N5O4S/c1-3-11-38-21-6-5-17(12-18(21)26(27,28)29)20-15-39-25(32-20)33-23(35)19-13-31-22(14-30-19)34-9-7-16(8-10-34)24(36)37-4-2/h5-6,12-16H,3-4,7-11H2,1-2H3,(H,32,33,35). The second kappa shape index (κ2) is 12.4.